The van der Waals surface area contributed by atoms with Crippen LogP contribution in [0.5, 0.6) is 0 Å². The number of primary sulfonamides is 1. The Bertz CT molecular complexity index is 1370. The predicted octanol–water partition coefficient (Wildman–Crippen LogP) is 3.22. The number of hydrogen-bond acceptors (Lipinski definition) is 6. The van der Waals surface area contributed by atoms with E-state index in [-0.39, 0.29) is 4.90 Å². The molecule has 31 heavy (non-hydrogen) atoms. The third kappa shape index (κ3) is 3.79. The third-order valence-corrected chi connectivity index (χ3v) is 6.75. The lowest BCUT2D eigenvalue weighted by Gasteiger charge is -2.21. The van der Waals surface area contributed by atoms with Crippen LogP contribution in [0.1, 0.15) is 38.1 Å². The smallest absolute Gasteiger partial charge is 0.238 e. The summed E-state index contributed by atoms with van der Waals surface area (Å²) in [6.07, 6.45) is 11.7. The molecule has 1 aromatic carbocycles. The van der Waals surface area contributed by atoms with Gasteiger partial charge in [0.2, 0.25) is 10.0 Å². The zero-order valence-corrected chi connectivity index (χ0v) is 17.6. The maximum atomic E-state index is 11.6. The van der Waals surface area contributed by atoms with E-state index in [1.807, 2.05) is 12.3 Å². The molecular formula is C21H23N7O2S. The Hall–Kier alpha value is -3.24. The maximum absolute atomic E-state index is 11.6. The first-order valence-electron chi connectivity index (χ1n) is 10.2. The minimum Gasteiger partial charge on any atom is -0.383 e. The van der Waals surface area contributed by atoms with Crippen molar-refractivity contribution in [3.05, 3.63) is 42.9 Å². The molecule has 0 aliphatic heterocycles. The fraction of sp³-hybridized carbons (Fsp3) is 0.286. The van der Waals surface area contributed by atoms with E-state index in [1.165, 1.54) is 31.4 Å². The summed E-state index contributed by atoms with van der Waals surface area (Å²) in [6, 6.07) is 6.87. The molecule has 1 aliphatic carbocycles. The lowest BCUT2D eigenvalue weighted by atomic mass is 9.96. The van der Waals surface area contributed by atoms with E-state index in [1.54, 1.807) is 12.3 Å². The van der Waals surface area contributed by atoms with Gasteiger partial charge in [0, 0.05) is 23.5 Å². The molecule has 160 valence electrons. The molecular weight excluding hydrogens is 414 g/mol. The van der Waals surface area contributed by atoms with E-state index in [0.717, 1.165) is 24.0 Å². The number of nitrogens with zero attached hydrogens (tertiary/aromatic N) is 4. The first-order valence-corrected chi connectivity index (χ1v) is 11.8. The van der Waals surface area contributed by atoms with Gasteiger partial charge in [-0.15, -0.1) is 0 Å². The minimum absolute atomic E-state index is 0.0187. The number of aromatic nitrogens is 5. The number of anilines is 1. The number of benzene rings is 1. The topological polar surface area (TPSA) is 146 Å². The van der Waals surface area contributed by atoms with E-state index in [4.69, 9.17) is 10.9 Å². The number of nitrogens with one attached hydrogen (secondary N) is 1. The van der Waals surface area contributed by atoms with E-state index in [2.05, 4.69) is 30.9 Å². The summed E-state index contributed by atoms with van der Waals surface area (Å²) in [7, 11) is -3.80. The van der Waals surface area contributed by atoms with Gasteiger partial charge in [-0.3, -0.25) is 4.68 Å². The van der Waals surface area contributed by atoms with Gasteiger partial charge in [-0.25, -0.2) is 23.5 Å². The second-order valence-corrected chi connectivity index (χ2v) is 9.53. The Morgan fingerprint density at radius 3 is 2.65 bits per heavy atom. The normalized spacial score (nSPS) is 15.5. The van der Waals surface area contributed by atoms with Crippen LogP contribution in [0.3, 0.4) is 0 Å². The number of hydrogen-bond donors (Lipinski definition) is 3. The molecule has 0 atom stereocenters. The van der Waals surface area contributed by atoms with Crippen molar-refractivity contribution in [2.75, 3.05) is 5.73 Å². The molecule has 4 aromatic rings. The number of sulfonamides is 1. The Kier molecular flexibility index (Phi) is 4.75. The van der Waals surface area contributed by atoms with Gasteiger partial charge in [-0.1, -0.05) is 19.3 Å². The number of imidazole rings is 1. The van der Waals surface area contributed by atoms with Gasteiger partial charge >= 0.3 is 0 Å². The molecule has 0 unspecified atom stereocenters. The first kappa shape index (κ1) is 19.7. The van der Waals surface area contributed by atoms with Crippen molar-refractivity contribution in [1.82, 2.24) is 24.7 Å². The van der Waals surface area contributed by atoms with Crippen LogP contribution >= 0.6 is 0 Å². The molecule has 10 heteroatoms. The fourth-order valence-electron chi connectivity index (χ4n) is 4.15. The minimum atomic E-state index is -3.80. The summed E-state index contributed by atoms with van der Waals surface area (Å²) in [5, 5.41) is 9.80. The Balaban J connectivity index is 1.51. The van der Waals surface area contributed by atoms with Gasteiger partial charge in [-0.05, 0) is 37.1 Å². The SMILES string of the molecule is Nc1ncc(-c2cnn(C3CCCCC3)c2)cc1-c1nc2ccc(S(N)(=O)=O)cc2[nH]1. The number of pyridine rings is 1. The first-order chi connectivity index (χ1) is 14.9. The molecule has 0 spiro atoms. The highest BCUT2D eigenvalue weighted by atomic mass is 32.2. The molecule has 3 heterocycles. The molecule has 0 amide bonds. The standard InChI is InChI=1S/C21H23N7O2S/c22-20-17(21-26-18-7-6-16(31(23,29)30)9-19(18)27-21)8-13(10-24-20)14-11-25-28(12-14)15-4-2-1-3-5-15/h6-12,15H,1-5H2,(H2,22,24)(H,26,27)(H2,23,29,30). The van der Waals surface area contributed by atoms with Crippen molar-refractivity contribution in [1.29, 1.82) is 0 Å². The highest BCUT2D eigenvalue weighted by Gasteiger charge is 2.18. The van der Waals surface area contributed by atoms with E-state index < -0.39 is 10.0 Å². The average molecular weight is 438 g/mol. The lowest BCUT2D eigenvalue weighted by Crippen LogP contribution is -2.12. The van der Waals surface area contributed by atoms with Crippen LogP contribution in [0.4, 0.5) is 5.82 Å². The van der Waals surface area contributed by atoms with Crippen molar-refractivity contribution in [2.45, 2.75) is 43.0 Å². The van der Waals surface area contributed by atoms with Crippen molar-refractivity contribution in [3.63, 3.8) is 0 Å². The summed E-state index contributed by atoms with van der Waals surface area (Å²) < 4.78 is 25.3. The number of H-pyrrole nitrogens is 1. The van der Waals surface area contributed by atoms with Crippen LogP contribution in [0, 0.1) is 0 Å². The van der Waals surface area contributed by atoms with Gasteiger partial charge in [-0.2, -0.15) is 5.10 Å². The second-order valence-electron chi connectivity index (χ2n) is 7.97. The van der Waals surface area contributed by atoms with Crippen LogP contribution < -0.4 is 10.9 Å². The maximum Gasteiger partial charge on any atom is 0.238 e. The van der Waals surface area contributed by atoms with Crippen LogP contribution in [-0.2, 0) is 10.0 Å². The molecule has 5 N–H and O–H groups in total. The van der Waals surface area contributed by atoms with Crippen molar-refractivity contribution < 1.29 is 8.42 Å². The molecule has 1 fully saturated rings. The predicted molar refractivity (Wildman–Crippen MR) is 118 cm³/mol. The van der Waals surface area contributed by atoms with E-state index in [0.29, 0.717) is 34.3 Å². The lowest BCUT2D eigenvalue weighted by molar-refractivity contribution is 0.329. The molecule has 1 aliphatic rings. The van der Waals surface area contributed by atoms with Crippen LogP contribution in [0.25, 0.3) is 33.5 Å². The van der Waals surface area contributed by atoms with Gasteiger partial charge < -0.3 is 10.7 Å². The van der Waals surface area contributed by atoms with E-state index in [9.17, 15) is 8.42 Å². The molecule has 0 bridgehead atoms. The average Bonchev–Trinajstić information content (AvgIpc) is 3.41. The number of aromatic amines is 1. The van der Waals surface area contributed by atoms with Crippen molar-refractivity contribution >= 4 is 26.9 Å². The molecule has 3 aromatic heterocycles. The number of fused-ring (bicyclic) bond motifs is 1. The summed E-state index contributed by atoms with van der Waals surface area (Å²) in [6.45, 7) is 0. The highest BCUT2D eigenvalue weighted by Crippen LogP contribution is 2.32. The summed E-state index contributed by atoms with van der Waals surface area (Å²) in [5.41, 5.74) is 9.78. The van der Waals surface area contributed by atoms with Crippen LogP contribution in [0.15, 0.2) is 47.8 Å². The van der Waals surface area contributed by atoms with E-state index >= 15 is 0 Å². The number of rotatable bonds is 4. The van der Waals surface area contributed by atoms with Gasteiger partial charge in [0.05, 0.1) is 33.7 Å². The van der Waals surface area contributed by atoms with Crippen molar-refractivity contribution in [2.24, 2.45) is 5.14 Å². The number of nitrogen functional groups attached to an aromatic ring is 1. The quantitative estimate of drug-likeness (QED) is 0.447. The van der Waals surface area contributed by atoms with Gasteiger partial charge in [0.15, 0.2) is 0 Å². The van der Waals surface area contributed by atoms with Gasteiger partial charge in [0.25, 0.3) is 0 Å². The molecule has 0 radical (unpaired) electrons. The molecule has 0 saturated heterocycles. The summed E-state index contributed by atoms with van der Waals surface area (Å²) >= 11 is 0. The molecule has 1 saturated carbocycles. The highest BCUT2D eigenvalue weighted by molar-refractivity contribution is 7.89. The van der Waals surface area contributed by atoms with Crippen LogP contribution in [0.2, 0.25) is 0 Å². The zero-order valence-electron chi connectivity index (χ0n) is 16.8. The molecule has 9 nitrogen and oxygen atoms in total. The van der Waals surface area contributed by atoms with Gasteiger partial charge in [0.1, 0.15) is 11.6 Å². The summed E-state index contributed by atoms with van der Waals surface area (Å²) in [4.78, 5) is 12.0. The second kappa shape index (κ2) is 7.47. The van der Waals surface area contributed by atoms with Crippen molar-refractivity contribution in [3.8, 4) is 22.5 Å². The largest absolute Gasteiger partial charge is 0.383 e. The van der Waals surface area contributed by atoms with Crippen LogP contribution in [-0.4, -0.2) is 33.2 Å². The summed E-state index contributed by atoms with van der Waals surface area (Å²) in [5.74, 6) is 0.835. The number of nitrogens with two attached hydrogens (primary N) is 2. The third-order valence-electron chi connectivity index (χ3n) is 5.84. The Morgan fingerprint density at radius 2 is 1.87 bits per heavy atom. The monoisotopic (exact) mass is 437 g/mol. The zero-order chi connectivity index (χ0) is 21.6. The Morgan fingerprint density at radius 1 is 1.06 bits per heavy atom. The molecule has 5 rings (SSSR count). The fourth-order valence-corrected chi connectivity index (χ4v) is 4.69. The Labute approximate surface area is 179 Å².